The molecule has 0 unspecified atom stereocenters. The summed E-state index contributed by atoms with van der Waals surface area (Å²) in [5.41, 5.74) is 0.824. The zero-order chi connectivity index (χ0) is 13.3. The molecule has 19 heavy (non-hydrogen) atoms. The lowest BCUT2D eigenvalue weighted by molar-refractivity contribution is -0.0200. The van der Waals surface area contributed by atoms with E-state index in [-0.39, 0.29) is 0 Å². The van der Waals surface area contributed by atoms with Crippen LogP contribution >= 0.6 is 0 Å². The molecule has 0 amide bonds. The van der Waals surface area contributed by atoms with Crippen LogP contribution in [0, 0.1) is 0 Å². The van der Waals surface area contributed by atoms with Crippen LogP contribution in [0.1, 0.15) is 78.1 Å². The summed E-state index contributed by atoms with van der Waals surface area (Å²) in [6.07, 6.45) is 14.6. The van der Waals surface area contributed by atoms with Gasteiger partial charge in [-0.05, 0) is 39.5 Å². The topological polar surface area (TPSA) is 15.3 Å². The Hall–Kier alpha value is -0.0800. The van der Waals surface area contributed by atoms with Crippen molar-refractivity contribution < 1.29 is 0 Å². The molecule has 110 valence electrons. The summed E-state index contributed by atoms with van der Waals surface area (Å²) < 4.78 is 0. The third-order valence-corrected chi connectivity index (χ3v) is 5.87. The van der Waals surface area contributed by atoms with Gasteiger partial charge in [0, 0.05) is 30.2 Å². The second kappa shape index (κ2) is 5.37. The maximum absolute atomic E-state index is 3.83. The van der Waals surface area contributed by atoms with E-state index in [1.807, 2.05) is 0 Å². The van der Waals surface area contributed by atoms with Gasteiger partial charge in [-0.1, -0.05) is 38.5 Å². The first kappa shape index (κ1) is 13.9. The van der Waals surface area contributed by atoms with Gasteiger partial charge < -0.3 is 5.32 Å². The van der Waals surface area contributed by atoms with E-state index in [9.17, 15) is 0 Å². The Balaban J connectivity index is 1.79. The van der Waals surface area contributed by atoms with E-state index < -0.39 is 0 Å². The average molecular weight is 264 g/mol. The van der Waals surface area contributed by atoms with Crippen molar-refractivity contribution in [2.24, 2.45) is 0 Å². The highest BCUT2D eigenvalue weighted by Crippen LogP contribution is 2.41. The monoisotopic (exact) mass is 264 g/mol. The molecule has 2 nitrogen and oxygen atoms in total. The van der Waals surface area contributed by atoms with Gasteiger partial charge in [-0.25, -0.2) is 0 Å². The van der Waals surface area contributed by atoms with Gasteiger partial charge >= 0.3 is 0 Å². The number of hydrogen-bond acceptors (Lipinski definition) is 2. The second-order valence-corrected chi connectivity index (χ2v) is 7.94. The van der Waals surface area contributed by atoms with Gasteiger partial charge in [0.15, 0.2) is 0 Å². The molecule has 2 heteroatoms. The van der Waals surface area contributed by atoms with Gasteiger partial charge in [0.05, 0.1) is 0 Å². The number of nitrogens with one attached hydrogen (secondary N) is 1. The van der Waals surface area contributed by atoms with Gasteiger partial charge in [0.2, 0.25) is 0 Å². The van der Waals surface area contributed by atoms with Gasteiger partial charge in [0.1, 0.15) is 0 Å². The highest BCUT2D eigenvalue weighted by atomic mass is 15.3. The van der Waals surface area contributed by atoms with E-state index >= 15 is 0 Å². The van der Waals surface area contributed by atoms with Crippen molar-refractivity contribution in [2.45, 2.75) is 95.2 Å². The molecule has 2 saturated carbocycles. The number of nitrogens with zero attached hydrogens (tertiary/aromatic N) is 1. The van der Waals surface area contributed by atoms with Gasteiger partial charge in [-0.2, -0.15) is 0 Å². The maximum atomic E-state index is 3.83. The molecule has 3 rings (SSSR count). The summed E-state index contributed by atoms with van der Waals surface area (Å²) in [7, 11) is 0. The first-order chi connectivity index (χ1) is 9.11. The summed E-state index contributed by atoms with van der Waals surface area (Å²) >= 11 is 0. The van der Waals surface area contributed by atoms with Gasteiger partial charge in [-0.15, -0.1) is 0 Å². The highest BCUT2D eigenvalue weighted by Gasteiger charge is 2.47. The maximum Gasteiger partial charge on any atom is 0.0337 e. The molecule has 0 radical (unpaired) electrons. The molecule has 3 fully saturated rings. The van der Waals surface area contributed by atoms with Crippen molar-refractivity contribution >= 4 is 0 Å². The molecule has 1 heterocycles. The van der Waals surface area contributed by atoms with Crippen LogP contribution in [0.4, 0.5) is 0 Å². The smallest absolute Gasteiger partial charge is 0.0337 e. The van der Waals surface area contributed by atoms with Crippen molar-refractivity contribution in [3.63, 3.8) is 0 Å². The molecule has 1 aliphatic heterocycles. The minimum Gasteiger partial charge on any atom is -0.309 e. The van der Waals surface area contributed by atoms with Gasteiger partial charge in [0.25, 0.3) is 0 Å². The third kappa shape index (κ3) is 2.85. The molecule has 0 atom stereocenters. The fourth-order valence-corrected chi connectivity index (χ4v) is 4.74. The number of hydrogen-bond donors (Lipinski definition) is 1. The summed E-state index contributed by atoms with van der Waals surface area (Å²) in [6.45, 7) is 7.27. The van der Waals surface area contributed by atoms with Crippen LogP contribution in [0.15, 0.2) is 0 Å². The Bertz CT molecular complexity index is 296. The Morgan fingerprint density at radius 1 is 0.895 bits per heavy atom. The molecule has 1 spiro atoms. The van der Waals surface area contributed by atoms with Crippen molar-refractivity contribution in [3.8, 4) is 0 Å². The molecule has 0 bridgehead atoms. The molecule has 0 aromatic heterocycles. The molecule has 3 aliphatic rings. The van der Waals surface area contributed by atoms with E-state index in [2.05, 4.69) is 24.1 Å². The Morgan fingerprint density at radius 3 is 2.16 bits per heavy atom. The second-order valence-electron chi connectivity index (χ2n) is 7.94. The van der Waals surface area contributed by atoms with E-state index in [4.69, 9.17) is 0 Å². The van der Waals surface area contributed by atoms with Crippen LogP contribution in [0.2, 0.25) is 0 Å². The minimum absolute atomic E-state index is 0.306. The molecule has 1 saturated heterocycles. The van der Waals surface area contributed by atoms with Crippen LogP contribution < -0.4 is 5.32 Å². The predicted octanol–water partition coefficient (Wildman–Crippen LogP) is 3.71. The van der Waals surface area contributed by atoms with Gasteiger partial charge in [-0.3, -0.25) is 4.90 Å². The predicted molar refractivity (Wildman–Crippen MR) is 81.5 cm³/mol. The van der Waals surface area contributed by atoms with Crippen molar-refractivity contribution in [2.75, 3.05) is 13.1 Å². The van der Waals surface area contributed by atoms with Crippen LogP contribution in [0.5, 0.6) is 0 Å². The summed E-state index contributed by atoms with van der Waals surface area (Å²) in [4.78, 5) is 2.97. The average Bonchev–Trinajstić information content (AvgIpc) is 2.68. The van der Waals surface area contributed by atoms with E-state index in [1.54, 1.807) is 0 Å². The SMILES string of the molecule is CC1(C)CN(C2CCCCCC2)C2(CCCC2)CN1. The van der Waals surface area contributed by atoms with Crippen molar-refractivity contribution in [1.82, 2.24) is 10.2 Å². The lowest BCUT2D eigenvalue weighted by atomic mass is 9.84. The molecule has 0 aromatic carbocycles. The zero-order valence-electron chi connectivity index (χ0n) is 13.0. The number of piperazine rings is 1. The van der Waals surface area contributed by atoms with Crippen LogP contribution in [-0.2, 0) is 0 Å². The molecule has 1 N–H and O–H groups in total. The fourth-order valence-electron chi connectivity index (χ4n) is 4.74. The van der Waals surface area contributed by atoms with E-state index in [0.717, 1.165) is 6.04 Å². The molecule has 0 aromatic rings. The highest BCUT2D eigenvalue weighted by molar-refractivity contribution is 5.06. The fraction of sp³-hybridized carbons (Fsp3) is 1.00. The van der Waals surface area contributed by atoms with Crippen LogP contribution in [0.25, 0.3) is 0 Å². The van der Waals surface area contributed by atoms with E-state index in [1.165, 1.54) is 77.3 Å². The Kier molecular flexibility index (Phi) is 3.92. The molecular formula is C17H32N2. The summed E-state index contributed by atoms with van der Waals surface area (Å²) in [6, 6.07) is 0.877. The lowest BCUT2D eigenvalue weighted by Gasteiger charge is -2.54. The zero-order valence-corrected chi connectivity index (χ0v) is 13.0. The molecular weight excluding hydrogens is 232 g/mol. The van der Waals surface area contributed by atoms with E-state index in [0.29, 0.717) is 11.1 Å². The third-order valence-electron chi connectivity index (χ3n) is 5.87. The van der Waals surface area contributed by atoms with Crippen LogP contribution in [-0.4, -0.2) is 35.1 Å². The van der Waals surface area contributed by atoms with Crippen molar-refractivity contribution in [3.05, 3.63) is 0 Å². The largest absolute Gasteiger partial charge is 0.309 e. The summed E-state index contributed by atoms with van der Waals surface area (Å²) in [5, 5.41) is 3.83. The minimum atomic E-state index is 0.306. The molecule has 2 aliphatic carbocycles. The first-order valence-corrected chi connectivity index (χ1v) is 8.63. The quantitative estimate of drug-likeness (QED) is 0.726. The van der Waals surface area contributed by atoms with Crippen molar-refractivity contribution in [1.29, 1.82) is 0 Å². The summed E-state index contributed by atoms with van der Waals surface area (Å²) in [5.74, 6) is 0. The van der Waals surface area contributed by atoms with Crippen LogP contribution in [0.3, 0.4) is 0 Å². The Morgan fingerprint density at radius 2 is 1.53 bits per heavy atom. The lowest BCUT2D eigenvalue weighted by Crippen LogP contribution is -2.69. The Labute approximate surface area is 119 Å². The standard InChI is InChI=1S/C17H32N2/c1-16(2)14-19(15-9-5-3-4-6-10-15)17(13-18-16)11-7-8-12-17/h15,18H,3-14H2,1-2H3. The normalized spacial score (nSPS) is 32.5. The number of rotatable bonds is 1. The first-order valence-electron chi connectivity index (χ1n) is 8.63.